The van der Waals surface area contributed by atoms with Crippen molar-refractivity contribution in [2.75, 3.05) is 11.9 Å². The van der Waals surface area contributed by atoms with Gasteiger partial charge in [-0.1, -0.05) is 24.3 Å². The van der Waals surface area contributed by atoms with Gasteiger partial charge in [0.1, 0.15) is 17.4 Å². The molecule has 0 saturated heterocycles. The molecule has 10 heteroatoms. The maximum Gasteiger partial charge on any atom is 0.321 e. The third-order valence-electron chi connectivity index (χ3n) is 3.12. The molecule has 0 aliphatic carbocycles. The molecule has 2 aromatic heterocycles. The summed E-state index contributed by atoms with van der Waals surface area (Å²) in [6.45, 7) is -0.452. The highest BCUT2D eigenvalue weighted by Crippen LogP contribution is 2.21. The summed E-state index contributed by atoms with van der Waals surface area (Å²) in [5.74, 6) is -0.671. The van der Waals surface area contributed by atoms with Gasteiger partial charge in [0.25, 0.3) is 10.0 Å². The molecule has 0 spiro atoms. The number of anilines is 2. The Balaban J connectivity index is 1.46. The minimum atomic E-state index is -3.68. The molecule has 2 N–H and O–H groups in total. The van der Waals surface area contributed by atoms with Crippen molar-refractivity contribution in [3.63, 3.8) is 0 Å². The van der Waals surface area contributed by atoms with E-state index in [1.165, 1.54) is 17.4 Å². The van der Waals surface area contributed by atoms with E-state index in [2.05, 4.69) is 15.0 Å². The first-order valence-electron chi connectivity index (χ1n) is 7.48. The van der Waals surface area contributed by atoms with Crippen LogP contribution in [-0.4, -0.2) is 25.9 Å². The first-order chi connectivity index (χ1) is 12.5. The van der Waals surface area contributed by atoms with Gasteiger partial charge in [0.2, 0.25) is 0 Å². The van der Waals surface area contributed by atoms with Crippen LogP contribution in [0.1, 0.15) is 5.69 Å². The molecule has 0 aliphatic heterocycles. The Morgan fingerprint density at radius 1 is 1.12 bits per heavy atom. The number of para-hydroxylation sites is 1. The minimum absolute atomic E-state index is 0.0213. The van der Waals surface area contributed by atoms with Gasteiger partial charge >= 0.3 is 5.97 Å². The molecule has 0 bridgehead atoms. The Labute approximate surface area is 158 Å². The van der Waals surface area contributed by atoms with Gasteiger partial charge in [0, 0.05) is 11.1 Å². The summed E-state index contributed by atoms with van der Waals surface area (Å²) in [7, 11) is -3.68. The molecule has 0 amide bonds. The fraction of sp³-hybridized carbons (Fsp3) is 0.125. The fourth-order valence-electron chi connectivity index (χ4n) is 1.92. The molecule has 3 aromatic rings. The van der Waals surface area contributed by atoms with Gasteiger partial charge in [-0.3, -0.25) is 4.79 Å². The number of hydrogen-bond donors (Lipinski definition) is 2. The van der Waals surface area contributed by atoms with Crippen LogP contribution < -0.4 is 10.0 Å². The van der Waals surface area contributed by atoms with E-state index in [-0.39, 0.29) is 10.8 Å². The predicted molar refractivity (Wildman–Crippen MR) is 101 cm³/mol. The molecular weight excluding hydrogens is 394 g/mol. The van der Waals surface area contributed by atoms with Crippen molar-refractivity contribution in [3.8, 4) is 0 Å². The van der Waals surface area contributed by atoms with E-state index in [1.54, 1.807) is 16.8 Å². The smallest absolute Gasteiger partial charge is 0.321 e. The van der Waals surface area contributed by atoms with Gasteiger partial charge in [0.05, 0.1) is 5.69 Å². The molecule has 7 nitrogen and oxygen atoms in total. The Hall–Kier alpha value is -2.27. The first-order valence-corrected chi connectivity index (χ1v) is 10.7. The predicted octanol–water partition coefficient (Wildman–Crippen LogP) is 2.97. The molecule has 3 rings (SSSR count). The quantitative estimate of drug-likeness (QED) is 0.555. The zero-order chi connectivity index (χ0) is 18.4. The summed E-state index contributed by atoms with van der Waals surface area (Å²) < 4.78 is 31.3. The second kappa shape index (κ2) is 8.41. The number of thiophene rings is 1. The zero-order valence-electron chi connectivity index (χ0n) is 13.4. The minimum Gasteiger partial charge on any atom is -0.458 e. The summed E-state index contributed by atoms with van der Waals surface area (Å²) in [6, 6.07) is 12.7. The van der Waals surface area contributed by atoms with Crippen molar-refractivity contribution in [3.05, 3.63) is 58.9 Å². The van der Waals surface area contributed by atoms with Crippen molar-refractivity contribution in [1.29, 1.82) is 0 Å². The number of rotatable bonds is 8. The normalized spacial score (nSPS) is 11.2. The number of sulfonamides is 1. The second-order valence-corrected chi connectivity index (χ2v) is 8.85. The molecule has 26 heavy (non-hydrogen) atoms. The van der Waals surface area contributed by atoms with Crippen LogP contribution >= 0.6 is 22.7 Å². The third kappa shape index (κ3) is 5.11. The van der Waals surface area contributed by atoms with Gasteiger partial charge in [0.15, 0.2) is 5.13 Å². The van der Waals surface area contributed by atoms with Crippen LogP contribution in [0, 0.1) is 0 Å². The Bertz CT molecular complexity index is 954. The molecular formula is C16H15N3O4S3. The average Bonchev–Trinajstić information content (AvgIpc) is 3.31. The number of carbonyl (C=O) groups is 1. The van der Waals surface area contributed by atoms with Gasteiger partial charge in [-0.25, -0.2) is 13.4 Å². The number of nitrogens with zero attached hydrogens (tertiary/aromatic N) is 1. The van der Waals surface area contributed by atoms with Crippen LogP contribution in [0.25, 0.3) is 0 Å². The number of thiazole rings is 1. The van der Waals surface area contributed by atoms with Crippen molar-refractivity contribution in [1.82, 2.24) is 9.71 Å². The Morgan fingerprint density at radius 3 is 2.65 bits per heavy atom. The molecule has 0 atom stereocenters. The average molecular weight is 410 g/mol. The molecule has 136 valence electrons. The summed E-state index contributed by atoms with van der Waals surface area (Å²) in [6.07, 6.45) is 0. The van der Waals surface area contributed by atoms with Crippen molar-refractivity contribution in [2.24, 2.45) is 0 Å². The van der Waals surface area contributed by atoms with Crippen LogP contribution in [0.4, 0.5) is 10.8 Å². The van der Waals surface area contributed by atoms with Crippen LogP contribution in [0.3, 0.4) is 0 Å². The van der Waals surface area contributed by atoms with E-state index >= 15 is 0 Å². The SMILES string of the molecule is O=C(CNS(=O)(=O)c1cccs1)OCc1csc(Nc2ccccc2)n1. The first kappa shape index (κ1) is 18.5. The van der Waals surface area contributed by atoms with Crippen molar-refractivity contribution in [2.45, 2.75) is 10.8 Å². The van der Waals surface area contributed by atoms with E-state index in [0.717, 1.165) is 17.0 Å². The number of aromatic nitrogens is 1. The molecule has 0 fully saturated rings. The van der Waals surface area contributed by atoms with E-state index in [1.807, 2.05) is 30.3 Å². The Kier molecular flexibility index (Phi) is 5.99. The highest BCUT2D eigenvalue weighted by Gasteiger charge is 2.17. The number of ether oxygens (including phenoxy) is 1. The lowest BCUT2D eigenvalue weighted by atomic mass is 10.3. The van der Waals surface area contributed by atoms with Crippen molar-refractivity contribution >= 4 is 49.5 Å². The maximum atomic E-state index is 11.9. The van der Waals surface area contributed by atoms with Crippen LogP contribution in [0.15, 0.2) is 57.4 Å². The van der Waals surface area contributed by atoms with Crippen LogP contribution in [0.5, 0.6) is 0 Å². The molecule has 0 saturated carbocycles. The van der Waals surface area contributed by atoms with Gasteiger partial charge in [-0.2, -0.15) is 4.72 Å². The van der Waals surface area contributed by atoms with Crippen LogP contribution in [0.2, 0.25) is 0 Å². The Morgan fingerprint density at radius 2 is 1.92 bits per heavy atom. The zero-order valence-corrected chi connectivity index (χ0v) is 15.9. The standard InChI is InChI=1S/C16H15N3O4S3/c20-14(9-17-26(21,22)15-7-4-8-24-15)23-10-13-11-25-16(19-13)18-12-5-2-1-3-6-12/h1-8,11,17H,9-10H2,(H,18,19). The van der Waals surface area contributed by atoms with E-state index in [4.69, 9.17) is 4.74 Å². The van der Waals surface area contributed by atoms with E-state index in [9.17, 15) is 13.2 Å². The monoisotopic (exact) mass is 409 g/mol. The molecule has 0 aliphatic rings. The fourth-order valence-corrected chi connectivity index (χ4v) is 4.64. The van der Waals surface area contributed by atoms with E-state index < -0.39 is 22.5 Å². The lowest BCUT2D eigenvalue weighted by molar-refractivity contribution is -0.143. The molecule has 0 radical (unpaired) electrons. The molecule has 1 aromatic carbocycles. The number of benzene rings is 1. The lowest BCUT2D eigenvalue weighted by Gasteiger charge is -2.05. The van der Waals surface area contributed by atoms with Crippen molar-refractivity contribution < 1.29 is 17.9 Å². The summed E-state index contributed by atoms with van der Waals surface area (Å²) in [5.41, 5.74) is 1.50. The van der Waals surface area contributed by atoms with Crippen LogP contribution in [-0.2, 0) is 26.2 Å². The van der Waals surface area contributed by atoms with E-state index in [0.29, 0.717) is 10.8 Å². The topological polar surface area (TPSA) is 97.4 Å². The second-order valence-electron chi connectivity index (χ2n) is 5.05. The number of hydrogen-bond acceptors (Lipinski definition) is 8. The largest absolute Gasteiger partial charge is 0.458 e. The van der Waals surface area contributed by atoms with Gasteiger partial charge < -0.3 is 10.1 Å². The highest BCUT2D eigenvalue weighted by atomic mass is 32.2. The molecule has 2 heterocycles. The maximum absolute atomic E-state index is 11.9. The summed E-state index contributed by atoms with van der Waals surface area (Å²) >= 11 is 2.47. The summed E-state index contributed by atoms with van der Waals surface area (Å²) in [4.78, 5) is 16.1. The number of esters is 1. The molecule has 0 unspecified atom stereocenters. The summed E-state index contributed by atoms with van der Waals surface area (Å²) in [5, 5.41) is 7.25. The van der Waals surface area contributed by atoms with Gasteiger partial charge in [-0.15, -0.1) is 22.7 Å². The number of nitrogens with one attached hydrogen (secondary N) is 2. The number of carbonyl (C=O) groups excluding carboxylic acids is 1. The third-order valence-corrected chi connectivity index (χ3v) is 6.73. The van der Waals surface area contributed by atoms with Gasteiger partial charge in [-0.05, 0) is 23.6 Å². The lowest BCUT2D eigenvalue weighted by Crippen LogP contribution is -2.30. The highest BCUT2D eigenvalue weighted by molar-refractivity contribution is 7.91.